The van der Waals surface area contributed by atoms with Gasteiger partial charge in [0.1, 0.15) is 0 Å². The SMILES string of the molecule is COc1cc(C(C)=O)ccc1OS(=O)(=O)F. The van der Waals surface area contributed by atoms with Gasteiger partial charge in [-0.05, 0) is 25.1 Å². The maximum absolute atomic E-state index is 12.3. The first-order valence-electron chi connectivity index (χ1n) is 4.16. The molecule has 7 heteroatoms. The van der Waals surface area contributed by atoms with Gasteiger partial charge in [0, 0.05) is 5.56 Å². The summed E-state index contributed by atoms with van der Waals surface area (Å²) >= 11 is 0. The van der Waals surface area contributed by atoms with Crippen molar-refractivity contribution in [2.75, 3.05) is 7.11 Å². The molecular weight excluding hydrogens is 239 g/mol. The molecule has 0 bridgehead atoms. The lowest BCUT2D eigenvalue weighted by molar-refractivity contribution is 0.101. The van der Waals surface area contributed by atoms with E-state index in [1.807, 2.05) is 0 Å². The van der Waals surface area contributed by atoms with Crippen molar-refractivity contribution >= 4 is 16.3 Å². The lowest BCUT2D eigenvalue weighted by Gasteiger charge is -2.07. The highest BCUT2D eigenvalue weighted by molar-refractivity contribution is 7.81. The van der Waals surface area contributed by atoms with E-state index in [1.54, 1.807) is 0 Å². The van der Waals surface area contributed by atoms with E-state index >= 15 is 0 Å². The fraction of sp³-hybridized carbons (Fsp3) is 0.222. The number of ketones is 1. The predicted molar refractivity (Wildman–Crippen MR) is 53.7 cm³/mol. The van der Waals surface area contributed by atoms with Gasteiger partial charge in [0.2, 0.25) is 0 Å². The van der Waals surface area contributed by atoms with Crippen LogP contribution in [0.25, 0.3) is 0 Å². The molecule has 0 aromatic heterocycles. The van der Waals surface area contributed by atoms with Crippen LogP contribution in [0.3, 0.4) is 0 Å². The summed E-state index contributed by atoms with van der Waals surface area (Å²) in [6.07, 6.45) is 0. The molecule has 0 unspecified atom stereocenters. The third-order valence-electron chi connectivity index (χ3n) is 1.76. The van der Waals surface area contributed by atoms with Crippen LogP contribution in [0.2, 0.25) is 0 Å². The maximum atomic E-state index is 12.3. The zero-order valence-electron chi connectivity index (χ0n) is 8.56. The summed E-state index contributed by atoms with van der Waals surface area (Å²) in [4.78, 5) is 11.0. The molecule has 1 aromatic rings. The van der Waals surface area contributed by atoms with Gasteiger partial charge in [-0.25, -0.2) is 0 Å². The molecule has 16 heavy (non-hydrogen) atoms. The van der Waals surface area contributed by atoms with Gasteiger partial charge in [-0.2, -0.15) is 8.42 Å². The number of rotatable bonds is 4. The molecule has 0 amide bonds. The first-order chi connectivity index (χ1) is 7.33. The van der Waals surface area contributed by atoms with Crippen LogP contribution in [0.5, 0.6) is 11.5 Å². The average molecular weight is 248 g/mol. The van der Waals surface area contributed by atoms with Gasteiger partial charge in [0.25, 0.3) is 0 Å². The molecule has 0 saturated carbocycles. The normalized spacial score (nSPS) is 10.9. The monoisotopic (exact) mass is 248 g/mol. The molecule has 0 aliphatic carbocycles. The Balaban J connectivity index is 3.17. The summed E-state index contributed by atoms with van der Waals surface area (Å²) < 4.78 is 41.6. The highest BCUT2D eigenvalue weighted by Gasteiger charge is 2.15. The molecule has 0 saturated heterocycles. The highest BCUT2D eigenvalue weighted by atomic mass is 32.3. The summed E-state index contributed by atoms with van der Waals surface area (Å²) in [5, 5.41) is 0. The number of carbonyl (C=O) groups is 1. The van der Waals surface area contributed by atoms with Crippen LogP contribution < -0.4 is 8.92 Å². The van der Waals surface area contributed by atoms with Crippen LogP contribution in [0.15, 0.2) is 18.2 Å². The van der Waals surface area contributed by atoms with Crippen molar-refractivity contribution in [2.45, 2.75) is 6.92 Å². The van der Waals surface area contributed by atoms with Crippen molar-refractivity contribution in [1.29, 1.82) is 0 Å². The Hall–Kier alpha value is -1.63. The molecular formula is C9H9FO5S. The number of methoxy groups -OCH3 is 1. The van der Waals surface area contributed by atoms with E-state index in [0.717, 1.165) is 6.07 Å². The second-order valence-corrected chi connectivity index (χ2v) is 3.85. The van der Waals surface area contributed by atoms with E-state index in [2.05, 4.69) is 4.18 Å². The van der Waals surface area contributed by atoms with Crippen LogP contribution in [-0.2, 0) is 10.5 Å². The van der Waals surface area contributed by atoms with Crippen LogP contribution in [0, 0.1) is 0 Å². The minimum Gasteiger partial charge on any atom is -0.493 e. The zero-order valence-corrected chi connectivity index (χ0v) is 9.38. The number of carbonyl (C=O) groups excluding carboxylic acids is 1. The van der Waals surface area contributed by atoms with Gasteiger partial charge in [-0.1, -0.05) is 3.89 Å². The van der Waals surface area contributed by atoms with Crippen molar-refractivity contribution in [1.82, 2.24) is 0 Å². The zero-order chi connectivity index (χ0) is 12.3. The third-order valence-corrected chi connectivity index (χ3v) is 2.14. The van der Waals surface area contributed by atoms with Crippen LogP contribution >= 0.6 is 0 Å². The average Bonchev–Trinajstić information content (AvgIpc) is 2.15. The Kier molecular flexibility index (Phi) is 3.48. The van der Waals surface area contributed by atoms with E-state index in [0.29, 0.717) is 5.56 Å². The lowest BCUT2D eigenvalue weighted by atomic mass is 10.1. The quantitative estimate of drug-likeness (QED) is 0.596. The van der Waals surface area contributed by atoms with E-state index < -0.39 is 10.5 Å². The maximum Gasteiger partial charge on any atom is 0.488 e. The number of Topliss-reactive ketones (excluding diaryl/α,β-unsaturated/α-hetero) is 1. The Labute approximate surface area is 92.2 Å². The van der Waals surface area contributed by atoms with Gasteiger partial charge in [0.05, 0.1) is 7.11 Å². The van der Waals surface area contributed by atoms with Crippen LogP contribution in [-0.4, -0.2) is 21.3 Å². The van der Waals surface area contributed by atoms with E-state index in [9.17, 15) is 17.1 Å². The Bertz CT molecular complexity index is 509. The van der Waals surface area contributed by atoms with Gasteiger partial charge in [0.15, 0.2) is 17.3 Å². The second kappa shape index (κ2) is 4.48. The minimum atomic E-state index is -5.11. The molecule has 88 valence electrons. The standard InChI is InChI=1S/C9H9FO5S/c1-6(11)7-3-4-8(9(5-7)14-2)15-16(10,12)13/h3-5H,1-2H3. The summed E-state index contributed by atoms with van der Waals surface area (Å²) in [6.45, 7) is 1.33. The fourth-order valence-corrected chi connectivity index (χ4v) is 1.41. The summed E-state index contributed by atoms with van der Waals surface area (Å²) in [5.74, 6) is -0.572. The molecule has 0 radical (unpaired) electrons. The van der Waals surface area contributed by atoms with Crippen LogP contribution in [0.1, 0.15) is 17.3 Å². The molecule has 0 heterocycles. The lowest BCUT2D eigenvalue weighted by Crippen LogP contribution is -2.03. The largest absolute Gasteiger partial charge is 0.493 e. The number of ether oxygens (including phenoxy) is 1. The topological polar surface area (TPSA) is 69.7 Å². The number of halogens is 1. The minimum absolute atomic E-state index is 0.0334. The number of hydrogen-bond donors (Lipinski definition) is 0. The number of benzene rings is 1. The fourth-order valence-electron chi connectivity index (χ4n) is 1.06. The molecule has 0 aliphatic rings. The van der Waals surface area contributed by atoms with Crippen LogP contribution in [0.4, 0.5) is 3.89 Å². The molecule has 0 N–H and O–H groups in total. The number of hydrogen-bond acceptors (Lipinski definition) is 5. The predicted octanol–water partition coefficient (Wildman–Crippen LogP) is 1.49. The Morgan fingerprint density at radius 3 is 2.38 bits per heavy atom. The van der Waals surface area contributed by atoms with Gasteiger partial charge >= 0.3 is 10.5 Å². The van der Waals surface area contributed by atoms with Crippen molar-refractivity contribution < 1.29 is 26.0 Å². The van der Waals surface area contributed by atoms with E-state index in [4.69, 9.17) is 4.74 Å². The molecule has 0 fully saturated rings. The van der Waals surface area contributed by atoms with Gasteiger partial charge < -0.3 is 8.92 Å². The molecule has 5 nitrogen and oxygen atoms in total. The molecule has 0 spiro atoms. The Morgan fingerprint density at radius 2 is 1.94 bits per heavy atom. The van der Waals surface area contributed by atoms with Crippen molar-refractivity contribution in [3.63, 3.8) is 0 Å². The van der Waals surface area contributed by atoms with Crippen molar-refractivity contribution in [3.8, 4) is 11.5 Å². The first kappa shape index (κ1) is 12.4. The van der Waals surface area contributed by atoms with Crippen molar-refractivity contribution in [3.05, 3.63) is 23.8 Å². The van der Waals surface area contributed by atoms with E-state index in [-0.39, 0.29) is 17.3 Å². The smallest absolute Gasteiger partial charge is 0.488 e. The first-order valence-corrected chi connectivity index (χ1v) is 5.47. The summed E-state index contributed by atoms with van der Waals surface area (Å²) in [7, 11) is -3.86. The van der Waals surface area contributed by atoms with Crippen molar-refractivity contribution in [2.24, 2.45) is 0 Å². The second-order valence-electron chi connectivity index (χ2n) is 2.90. The molecule has 0 atom stereocenters. The Morgan fingerprint density at radius 1 is 1.31 bits per heavy atom. The summed E-state index contributed by atoms with van der Waals surface area (Å²) in [5.41, 5.74) is 0.306. The molecule has 1 aromatic carbocycles. The summed E-state index contributed by atoms with van der Waals surface area (Å²) in [6, 6.07) is 3.72. The van der Waals surface area contributed by atoms with Gasteiger partial charge in [-0.3, -0.25) is 4.79 Å². The molecule has 0 aliphatic heterocycles. The third kappa shape index (κ3) is 3.20. The molecule has 1 rings (SSSR count). The highest BCUT2D eigenvalue weighted by Crippen LogP contribution is 2.29. The van der Waals surface area contributed by atoms with E-state index in [1.165, 1.54) is 26.2 Å². The van der Waals surface area contributed by atoms with Gasteiger partial charge in [-0.15, -0.1) is 0 Å².